The highest BCUT2D eigenvalue weighted by atomic mass is 32.2. The van der Waals surface area contributed by atoms with Crippen LogP contribution >= 0.6 is 23.1 Å². The van der Waals surface area contributed by atoms with Crippen LogP contribution in [0, 0.1) is 17.2 Å². The second-order valence-electron chi connectivity index (χ2n) is 6.78. The molecule has 0 saturated carbocycles. The number of amides is 1. The third kappa shape index (κ3) is 4.91. The van der Waals surface area contributed by atoms with Gasteiger partial charge in [-0.15, -0.1) is 23.1 Å². The van der Waals surface area contributed by atoms with Crippen LogP contribution in [0.2, 0.25) is 0 Å². The minimum absolute atomic E-state index is 0.0537. The first-order chi connectivity index (χ1) is 13.1. The Morgan fingerprint density at radius 2 is 1.93 bits per heavy atom. The van der Waals surface area contributed by atoms with Gasteiger partial charge in [0.15, 0.2) is 0 Å². The minimum atomic E-state index is -0.189. The lowest BCUT2D eigenvalue weighted by Gasteiger charge is -2.17. The van der Waals surface area contributed by atoms with Crippen LogP contribution < -0.4 is 5.32 Å². The van der Waals surface area contributed by atoms with Crippen molar-refractivity contribution in [2.75, 3.05) is 6.54 Å². The van der Waals surface area contributed by atoms with E-state index >= 15 is 0 Å². The largest absolute Gasteiger partial charge is 0.342 e. The fourth-order valence-electron chi connectivity index (χ4n) is 2.96. The van der Waals surface area contributed by atoms with Gasteiger partial charge in [-0.2, -0.15) is 5.26 Å². The second kappa shape index (κ2) is 9.07. The lowest BCUT2D eigenvalue weighted by molar-refractivity contribution is -0.120. The zero-order valence-corrected chi connectivity index (χ0v) is 17.1. The molecule has 0 aliphatic carbocycles. The normalized spacial score (nSPS) is 12.1. The quantitative estimate of drug-likeness (QED) is 0.412. The van der Waals surface area contributed by atoms with Crippen molar-refractivity contribution in [2.45, 2.75) is 30.4 Å². The number of fused-ring (bicyclic) bond motifs is 1. The number of thioether (sulfide) groups is 1. The van der Waals surface area contributed by atoms with Crippen molar-refractivity contribution in [3.8, 4) is 17.2 Å². The van der Waals surface area contributed by atoms with Crippen molar-refractivity contribution in [2.24, 2.45) is 5.92 Å². The fourth-order valence-corrected chi connectivity index (χ4v) is 5.22. The fraction of sp³-hybridized carbons (Fsp3) is 0.273. The molecule has 0 radical (unpaired) electrons. The number of nitriles is 1. The van der Waals surface area contributed by atoms with E-state index in [2.05, 4.69) is 73.1 Å². The van der Waals surface area contributed by atoms with Gasteiger partial charge in [-0.25, -0.2) is 0 Å². The topological polar surface area (TPSA) is 52.9 Å². The molecule has 1 amide bonds. The van der Waals surface area contributed by atoms with Crippen molar-refractivity contribution in [1.29, 1.82) is 5.26 Å². The van der Waals surface area contributed by atoms with Gasteiger partial charge in [0.1, 0.15) is 6.54 Å². The Hall–Kier alpha value is -2.29. The number of hydrogen-bond donors (Lipinski definition) is 1. The van der Waals surface area contributed by atoms with E-state index in [0.29, 0.717) is 5.92 Å². The number of thiophene rings is 1. The highest BCUT2D eigenvalue weighted by Crippen LogP contribution is 2.35. The van der Waals surface area contributed by atoms with Crippen LogP contribution in [0.1, 0.15) is 20.3 Å². The maximum atomic E-state index is 12.4. The van der Waals surface area contributed by atoms with Gasteiger partial charge in [0.2, 0.25) is 5.91 Å². The molecule has 138 valence electrons. The van der Waals surface area contributed by atoms with Crippen molar-refractivity contribution < 1.29 is 4.79 Å². The summed E-state index contributed by atoms with van der Waals surface area (Å²) in [6, 6.07) is 18.8. The summed E-state index contributed by atoms with van der Waals surface area (Å²) in [6.07, 6.45) is 0.777. The van der Waals surface area contributed by atoms with Crippen LogP contribution in [0.4, 0.5) is 0 Å². The van der Waals surface area contributed by atoms with E-state index < -0.39 is 0 Å². The van der Waals surface area contributed by atoms with Crippen molar-refractivity contribution in [1.82, 2.24) is 5.32 Å². The monoisotopic (exact) mass is 394 g/mol. The summed E-state index contributed by atoms with van der Waals surface area (Å²) in [5, 5.41) is 14.7. The zero-order chi connectivity index (χ0) is 19.2. The van der Waals surface area contributed by atoms with Crippen molar-refractivity contribution >= 4 is 39.1 Å². The van der Waals surface area contributed by atoms with Crippen molar-refractivity contribution in [3.05, 3.63) is 53.9 Å². The number of rotatable bonds is 7. The molecular formula is C22H22N2OS2. The summed E-state index contributed by atoms with van der Waals surface area (Å²) < 4.78 is 1.29. The zero-order valence-electron chi connectivity index (χ0n) is 15.4. The lowest BCUT2D eigenvalue weighted by atomic mass is 10.1. The summed E-state index contributed by atoms with van der Waals surface area (Å²) in [6.45, 7) is 4.27. The summed E-state index contributed by atoms with van der Waals surface area (Å²) in [5.74, 6) is 0.343. The van der Waals surface area contributed by atoms with Crippen LogP contribution in [0.3, 0.4) is 0 Å². The molecule has 2 aromatic carbocycles. The summed E-state index contributed by atoms with van der Waals surface area (Å²) in [4.78, 5) is 13.4. The first kappa shape index (κ1) is 19.5. The Balaban J connectivity index is 1.77. The first-order valence-electron chi connectivity index (χ1n) is 8.96. The number of benzene rings is 2. The molecule has 3 aromatic rings. The molecule has 0 bridgehead atoms. The van der Waals surface area contributed by atoms with Gasteiger partial charge in [0.05, 0.1) is 11.3 Å². The molecule has 1 unspecified atom stereocenters. The molecule has 0 saturated heterocycles. The predicted octanol–water partition coefficient (Wildman–Crippen LogP) is 5.71. The van der Waals surface area contributed by atoms with Gasteiger partial charge >= 0.3 is 0 Å². The van der Waals surface area contributed by atoms with Crippen LogP contribution in [-0.2, 0) is 4.79 Å². The molecular weight excluding hydrogens is 372 g/mol. The Bertz CT molecular complexity index is 954. The van der Waals surface area contributed by atoms with E-state index in [1.165, 1.54) is 21.2 Å². The number of carbonyl (C=O) groups is 1. The van der Waals surface area contributed by atoms with Gasteiger partial charge in [0, 0.05) is 20.5 Å². The van der Waals surface area contributed by atoms with E-state index in [-0.39, 0.29) is 17.7 Å². The molecule has 27 heavy (non-hydrogen) atoms. The van der Waals surface area contributed by atoms with Gasteiger partial charge < -0.3 is 5.32 Å². The number of nitrogens with one attached hydrogen (secondary N) is 1. The molecule has 3 rings (SSSR count). The molecule has 1 heterocycles. The summed E-state index contributed by atoms with van der Waals surface area (Å²) in [5.41, 5.74) is 2.43. The summed E-state index contributed by atoms with van der Waals surface area (Å²) >= 11 is 3.32. The molecule has 0 aliphatic heterocycles. The molecule has 0 spiro atoms. The van der Waals surface area contributed by atoms with Crippen molar-refractivity contribution in [3.63, 3.8) is 0 Å². The Labute approximate surface area is 168 Å². The molecule has 0 fully saturated rings. The van der Waals surface area contributed by atoms with E-state index in [1.807, 2.05) is 6.07 Å². The smallest absolute Gasteiger partial charge is 0.234 e. The molecule has 1 aromatic heterocycles. The predicted molar refractivity (Wildman–Crippen MR) is 115 cm³/mol. The van der Waals surface area contributed by atoms with E-state index in [4.69, 9.17) is 5.26 Å². The number of nitrogens with zero attached hydrogens (tertiary/aromatic N) is 1. The average molecular weight is 395 g/mol. The maximum absolute atomic E-state index is 12.4. The Kier molecular flexibility index (Phi) is 6.54. The number of hydrogen-bond acceptors (Lipinski definition) is 4. The highest BCUT2D eigenvalue weighted by Gasteiger charge is 2.21. The molecule has 1 atom stereocenters. The van der Waals surface area contributed by atoms with E-state index in [9.17, 15) is 4.79 Å². The van der Waals surface area contributed by atoms with Crippen LogP contribution in [0.5, 0.6) is 0 Å². The van der Waals surface area contributed by atoms with E-state index in [1.54, 1.807) is 23.1 Å². The molecule has 1 N–H and O–H groups in total. The van der Waals surface area contributed by atoms with Crippen LogP contribution in [0.15, 0.2) is 58.8 Å². The summed E-state index contributed by atoms with van der Waals surface area (Å²) in [7, 11) is 0. The van der Waals surface area contributed by atoms with Gasteiger partial charge in [-0.1, -0.05) is 44.2 Å². The highest BCUT2D eigenvalue weighted by molar-refractivity contribution is 8.00. The van der Waals surface area contributed by atoms with Gasteiger partial charge in [-0.3, -0.25) is 4.79 Å². The van der Waals surface area contributed by atoms with E-state index in [0.717, 1.165) is 11.3 Å². The third-order valence-electron chi connectivity index (χ3n) is 4.24. The minimum Gasteiger partial charge on any atom is -0.342 e. The average Bonchev–Trinajstić information content (AvgIpc) is 3.10. The maximum Gasteiger partial charge on any atom is 0.234 e. The molecule has 0 aliphatic rings. The number of carbonyl (C=O) groups excluding carboxylic acids is 1. The first-order valence-corrected chi connectivity index (χ1v) is 10.7. The van der Waals surface area contributed by atoms with Gasteiger partial charge in [0.25, 0.3) is 0 Å². The Morgan fingerprint density at radius 1 is 1.19 bits per heavy atom. The van der Waals surface area contributed by atoms with Crippen LogP contribution in [0.25, 0.3) is 21.2 Å². The SMILES string of the molecule is CC(C)CC(Sc1ccc(-c2csc3ccccc23)cc1)C(=O)NCC#N. The van der Waals surface area contributed by atoms with Crippen LogP contribution in [-0.4, -0.2) is 17.7 Å². The third-order valence-corrected chi connectivity index (χ3v) is 6.44. The standard InChI is InChI=1S/C22H22N2OS2/c1-15(2)13-21(22(25)24-12-11-23)27-17-9-7-16(8-10-17)19-14-26-20-6-4-3-5-18(19)20/h3-10,14-15,21H,12-13H2,1-2H3,(H,24,25). The Morgan fingerprint density at radius 3 is 2.63 bits per heavy atom. The second-order valence-corrected chi connectivity index (χ2v) is 8.97. The molecule has 5 heteroatoms. The lowest BCUT2D eigenvalue weighted by Crippen LogP contribution is -2.33. The van der Waals surface area contributed by atoms with Gasteiger partial charge in [-0.05, 0) is 41.5 Å². The molecule has 3 nitrogen and oxygen atoms in total.